The summed E-state index contributed by atoms with van der Waals surface area (Å²) in [7, 11) is 1.92. The zero-order valence-electron chi connectivity index (χ0n) is 16.8. The second kappa shape index (κ2) is 8.98. The first kappa shape index (κ1) is 20.0. The fraction of sp³-hybridized carbons (Fsp3) is 0.409. The standard InChI is InChI=1S/C22H29N3S2/c1-6-16-7-8-18(21-15(4)24-22(23-5)26-21)13-20(16)27-25-19-11-9-17(10-12-19)14(2)3/h7-9,11,13-14,25H,6,10,12H2,1-5H3,(H,23,24). The Kier molecular flexibility index (Phi) is 6.66. The number of aryl methyl sites for hydroxylation is 2. The third-order valence-electron chi connectivity index (χ3n) is 4.94. The molecule has 0 saturated carbocycles. The molecule has 144 valence electrons. The van der Waals surface area contributed by atoms with Gasteiger partial charge in [-0.1, -0.05) is 55.9 Å². The van der Waals surface area contributed by atoms with Crippen LogP contribution in [-0.2, 0) is 6.42 Å². The lowest BCUT2D eigenvalue weighted by Gasteiger charge is -2.19. The summed E-state index contributed by atoms with van der Waals surface area (Å²) in [6.45, 7) is 8.84. The Labute approximate surface area is 171 Å². The van der Waals surface area contributed by atoms with Gasteiger partial charge < -0.3 is 10.0 Å². The number of allylic oxidation sites excluding steroid dienone is 4. The predicted molar refractivity (Wildman–Crippen MR) is 120 cm³/mol. The number of hydrogen-bond donors (Lipinski definition) is 2. The van der Waals surface area contributed by atoms with Gasteiger partial charge in [0.1, 0.15) is 0 Å². The average molecular weight is 400 g/mol. The summed E-state index contributed by atoms with van der Waals surface area (Å²) in [5.41, 5.74) is 6.56. The molecule has 0 unspecified atom stereocenters. The van der Waals surface area contributed by atoms with Crippen LogP contribution in [0.4, 0.5) is 5.13 Å². The van der Waals surface area contributed by atoms with Crippen LogP contribution >= 0.6 is 23.3 Å². The van der Waals surface area contributed by atoms with Crippen molar-refractivity contribution in [2.24, 2.45) is 5.92 Å². The normalized spacial score (nSPS) is 14.1. The maximum atomic E-state index is 4.59. The van der Waals surface area contributed by atoms with Gasteiger partial charge in [0.05, 0.1) is 10.6 Å². The molecule has 3 rings (SSSR count). The smallest absolute Gasteiger partial charge is 0.183 e. The molecule has 5 heteroatoms. The topological polar surface area (TPSA) is 37.0 Å². The molecule has 0 amide bonds. The molecule has 0 radical (unpaired) electrons. The number of thiazole rings is 1. The van der Waals surface area contributed by atoms with Crippen molar-refractivity contribution in [3.63, 3.8) is 0 Å². The van der Waals surface area contributed by atoms with E-state index in [1.54, 1.807) is 28.9 Å². The fourth-order valence-electron chi connectivity index (χ4n) is 3.19. The van der Waals surface area contributed by atoms with Crippen LogP contribution in [0.25, 0.3) is 10.4 Å². The molecule has 2 aromatic rings. The van der Waals surface area contributed by atoms with E-state index < -0.39 is 0 Å². The van der Waals surface area contributed by atoms with E-state index in [4.69, 9.17) is 0 Å². The second-order valence-electron chi connectivity index (χ2n) is 7.15. The molecule has 1 heterocycles. The summed E-state index contributed by atoms with van der Waals surface area (Å²) in [6.07, 6.45) is 7.81. The second-order valence-corrected chi connectivity index (χ2v) is 9.00. The Morgan fingerprint density at radius 3 is 2.63 bits per heavy atom. The maximum absolute atomic E-state index is 4.59. The van der Waals surface area contributed by atoms with Crippen LogP contribution in [0.5, 0.6) is 0 Å². The van der Waals surface area contributed by atoms with Gasteiger partial charge in [0, 0.05) is 17.6 Å². The van der Waals surface area contributed by atoms with Gasteiger partial charge in [-0.05, 0) is 67.3 Å². The monoisotopic (exact) mass is 399 g/mol. The molecule has 0 spiro atoms. The lowest BCUT2D eigenvalue weighted by atomic mass is 9.94. The van der Waals surface area contributed by atoms with Crippen molar-refractivity contribution in [3.05, 3.63) is 52.9 Å². The zero-order chi connectivity index (χ0) is 19.4. The highest BCUT2D eigenvalue weighted by molar-refractivity contribution is 7.97. The van der Waals surface area contributed by atoms with Crippen LogP contribution in [0.15, 0.2) is 46.5 Å². The summed E-state index contributed by atoms with van der Waals surface area (Å²) >= 11 is 3.45. The van der Waals surface area contributed by atoms with Gasteiger partial charge in [-0.2, -0.15) is 0 Å². The first-order valence-electron chi connectivity index (χ1n) is 9.62. The van der Waals surface area contributed by atoms with E-state index in [9.17, 15) is 0 Å². The molecule has 0 bridgehead atoms. The molecule has 27 heavy (non-hydrogen) atoms. The Balaban J connectivity index is 1.79. The number of rotatable bonds is 7. The zero-order valence-corrected chi connectivity index (χ0v) is 18.5. The largest absolute Gasteiger partial charge is 0.365 e. The molecule has 2 N–H and O–H groups in total. The molecule has 0 aliphatic heterocycles. The van der Waals surface area contributed by atoms with E-state index in [2.05, 4.69) is 73.1 Å². The molecule has 1 aliphatic carbocycles. The van der Waals surface area contributed by atoms with E-state index in [0.29, 0.717) is 5.92 Å². The van der Waals surface area contributed by atoms with Crippen molar-refractivity contribution in [1.82, 2.24) is 9.71 Å². The van der Waals surface area contributed by atoms with Crippen molar-refractivity contribution in [2.75, 3.05) is 12.4 Å². The van der Waals surface area contributed by atoms with Crippen LogP contribution in [0.2, 0.25) is 0 Å². The summed E-state index contributed by atoms with van der Waals surface area (Å²) in [4.78, 5) is 7.13. The number of anilines is 1. The fourth-order valence-corrected chi connectivity index (χ4v) is 5.05. The van der Waals surface area contributed by atoms with Gasteiger partial charge >= 0.3 is 0 Å². The number of nitrogens with one attached hydrogen (secondary N) is 2. The van der Waals surface area contributed by atoms with Crippen LogP contribution in [0.1, 0.15) is 44.9 Å². The molecular formula is C22H29N3S2. The summed E-state index contributed by atoms with van der Waals surface area (Å²) in [5, 5.41) is 4.12. The van der Waals surface area contributed by atoms with Crippen molar-refractivity contribution in [3.8, 4) is 10.4 Å². The lowest BCUT2D eigenvalue weighted by molar-refractivity contribution is 0.694. The minimum atomic E-state index is 0.643. The Morgan fingerprint density at radius 2 is 2.04 bits per heavy atom. The van der Waals surface area contributed by atoms with E-state index in [-0.39, 0.29) is 0 Å². The van der Waals surface area contributed by atoms with Crippen molar-refractivity contribution >= 4 is 28.4 Å². The number of nitrogens with zero attached hydrogens (tertiary/aromatic N) is 1. The number of aromatic nitrogens is 1. The number of benzene rings is 1. The maximum Gasteiger partial charge on any atom is 0.183 e. The summed E-state index contributed by atoms with van der Waals surface area (Å²) in [6, 6.07) is 6.78. The lowest BCUT2D eigenvalue weighted by Crippen LogP contribution is -2.08. The summed E-state index contributed by atoms with van der Waals surface area (Å²) in [5.74, 6) is 0.643. The number of hydrogen-bond acceptors (Lipinski definition) is 5. The van der Waals surface area contributed by atoms with Gasteiger partial charge in [-0.15, -0.1) is 0 Å². The Morgan fingerprint density at radius 1 is 1.22 bits per heavy atom. The van der Waals surface area contributed by atoms with Gasteiger partial charge in [0.2, 0.25) is 0 Å². The third kappa shape index (κ3) is 4.77. The minimum absolute atomic E-state index is 0.643. The molecule has 3 nitrogen and oxygen atoms in total. The van der Waals surface area contributed by atoms with E-state index in [1.807, 2.05) is 7.05 Å². The molecular weight excluding hydrogens is 370 g/mol. The third-order valence-corrected chi connectivity index (χ3v) is 7.12. The van der Waals surface area contributed by atoms with Crippen molar-refractivity contribution in [2.45, 2.75) is 51.9 Å². The predicted octanol–water partition coefficient (Wildman–Crippen LogP) is 6.58. The Bertz CT molecular complexity index is 862. The van der Waals surface area contributed by atoms with Crippen molar-refractivity contribution in [1.29, 1.82) is 0 Å². The molecule has 1 aromatic heterocycles. The van der Waals surface area contributed by atoms with Crippen LogP contribution < -0.4 is 10.0 Å². The molecule has 0 fully saturated rings. The first-order valence-corrected chi connectivity index (χ1v) is 11.3. The SMILES string of the molecule is CCc1ccc(-c2sc(NC)nc2C)cc1SNC1=CC=C(C(C)C)CC1. The van der Waals surface area contributed by atoms with E-state index in [1.165, 1.54) is 26.6 Å². The summed E-state index contributed by atoms with van der Waals surface area (Å²) < 4.78 is 3.59. The van der Waals surface area contributed by atoms with Crippen LogP contribution in [0.3, 0.4) is 0 Å². The quantitative estimate of drug-likeness (QED) is 0.516. The molecule has 0 saturated heterocycles. The molecule has 0 atom stereocenters. The van der Waals surface area contributed by atoms with Crippen molar-refractivity contribution < 1.29 is 0 Å². The van der Waals surface area contributed by atoms with Crippen LogP contribution in [0, 0.1) is 12.8 Å². The highest BCUT2D eigenvalue weighted by Gasteiger charge is 2.13. The van der Waals surface area contributed by atoms with Gasteiger partial charge in [-0.3, -0.25) is 0 Å². The van der Waals surface area contributed by atoms with Crippen LogP contribution in [-0.4, -0.2) is 12.0 Å². The first-order chi connectivity index (χ1) is 13.0. The molecule has 1 aliphatic rings. The highest BCUT2D eigenvalue weighted by Crippen LogP contribution is 2.36. The minimum Gasteiger partial charge on any atom is -0.365 e. The van der Waals surface area contributed by atoms with Gasteiger partial charge in [0.15, 0.2) is 5.13 Å². The average Bonchev–Trinajstić information content (AvgIpc) is 3.07. The van der Waals surface area contributed by atoms with Gasteiger partial charge in [-0.25, -0.2) is 4.98 Å². The van der Waals surface area contributed by atoms with E-state index in [0.717, 1.165) is 30.1 Å². The molecule has 1 aromatic carbocycles. The Hall–Kier alpha value is -1.72. The van der Waals surface area contributed by atoms with Gasteiger partial charge in [0.25, 0.3) is 0 Å². The highest BCUT2D eigenvalue weighted by atomic mass is 32.2. The van der Waals surface area contributed by atoms with E-state index >= 15 is 0 Å².